The summed E-state index contributed by atoms with van der Waals surface area (Å²) >= 11 is 0. The molecule has 2 nitrogen and oxygen atoms in total. The maximum atomic E-state index is 11.9. The van der Waals surface area contributed by atoms with Crippen LogP contribution in [0.15, 0.2) is 54.6 Å². The Bertz CT molecular complexity index is 1120. The zero-order chi connectivity index (χ0) is 21.7. The number of rotatable bonds is 3. The standard InChI is InChI=1S/C28H32O2/c1-18(26(29)30-6)19-7-8-21-16-22(10-9-20(21)15-19)23-11-12-24-25(17-23)28(4,5)14-13-27(24,2)3/h7-12,15-18H,13-14H2,1-6H3. The van der Waals surface area contributed by atoms with Crippen LogP contribution in [0.5, 0.6) is 0 Å². The van der Waals surface area contributed by atoms with Gasteiger partial charge in [0.25, 0.3) is 0 Å². The van der Waals surface area contributed by atoms with Crippen molar-refractivity contribution in [2.45, 2.75) is 64.2 Å². The lowest BCUT2D eigenvalue weighted by Crippen LogP contribution is -2.33. The number of benzene rings is 3. The van der Waals surface area contributed by atoms with E-state index in [4.69, 9.17) is 4.74 Å². The van der Waals surface area contributed by atoms with E-state index in [1.807, 2.05) is 13.0 Å². The van der Waals surface area contributed by atoms with Gasteiger partial charge in [-0.05, 0) is 75.3 Å². The molecule has 0 saturated heterocycles. The van der Waals surface area contributed by atoms with Gasteiger partial charge in [0.05, 0.1) is 13.0 Å². The summed E-state index contributed by atoms with van der Waals surface area (Å²) < 4.78 is 4.89. The number of carbonyl (C=O) groups is 1. The van der Waals surface area contributed by atoms with Crippen LogP contribution in [0, 0.1) is 0 Å². The van der Waals surface area contributed by atoms with Crippen LogP contribution in [-0.2, 0) is 20.4 Å². The second-order valence-corrected chi connectivity index (χ2v) is 10.1. The topological polar surface area (TPSA) is 26.3 Å². The number of hydrogen-bond donors (Lipinski definition) is 0. The van der Waals surface area contributed by atoms with E-state index in [0.29, 0.717) is 0 Å². The maximum Gasteiger partial charge on any atom is 0.312 e. The summed E-state index contributed by atoms with van der Waals surface area (Å²) in [5.41, 5.74) is 6.91. The van der Waals surface area contributed by atoms with Gasteiger partial charge in [0.15, 0.2) is 0 Å². The number of methoxy groups -OCH3 is 1. The molecule has 30 heavy (non-hydrogen) atoms. The molecule has 0 radical (unpaired) electrons. The molecule has 0 amide bonds. The molecule has 3 aromatic carbocycles. The van der Waals surface area contributed by atoms with Crippen molar-refractivity contribution in [3.8, 4) is 11.1 Å². The molecule has 3 aromatic rings. The molecule has 0 aromatic heterocycles. The van der Waals surface area contributed by atoms with Crippen LogP contribution in [0.4, 0.5) is 0 Å². The second-order valence-electron chi connectivity index (χ2n) is 10.1. The van der Waals surface area contributed by atoms with E-state index in [9.17, 15) is 4.79 Å². The van der Waals surface area contributed by atoms with E-state index < -0.39 is 0 Å². The Hall–Kier alpha value is -2.61. The summed E-state index contributed by atoms with van der Waals surface area (Å²) in [4.78, 5) is 11.9. The van der Waals surface area contributed by atoms with Crippen molar-refractivity contribution < 1.29 is 9.53 Å². The molecule has 1 unspecified atom stereocenters. The Labute approximate surface area is 180 Å². The molecule has 0 spiro atoms. The lowest BCUT2D eigenvalue weighted by Gasteiger charge is -2.42. The SMILES string of the molecule is COC(=O)C(C)c1ccc2cc(-c3ccc4c(c3)C(C)(C)CCC4(C)C)ccc2c1. The number of ether oxygens (including phenoxy) is 1. The summed E-state index contributed by atoms with van der Waals surface area (Å²) in [7, 11) is 1.44. The van der Waals surface area contributed by atoms with Crippen molar-refractivity contribution in [1.82, 2.24) is 0 Å². The Kier molecular flexibility index (Phi) is 5.00. The highest BCUT2D eigenvalue weighted by molar-refractivity contribution is 5.89. The molecule has 0 saturated carbocycles. The lowest BCUT2D eigenvalue weighted by atomic mass is 9.63. The molecule has 0 aliphatic heterocycles. The molecule has 4 rings (SSSR count). The van der Waals surface area contributed by atoms with Crippen LogP contribution in [-0.4, -0.2) is 13.1 Å². The van der Waals surface area contributed by atoms with Crippen LogP contribution in [0.1, 0.15) is 70.1 Å². The first-order chi connectivity index (χ1) is 14.1. The van der Waals surface area contributed by atoms with Crippen molar-refractivity contribution in [1.29, 1.82) is 0 Å². The summed E-state index contributed by atoms with van der Waals surface area (Å²) in [5.74, 6) is -0.462. The van der Waals surface area contributed by atoms with Gasteiger partial charge in [0, 0.05) is 0 Å². The first-order valence-electron chi connectivity index (χ1n) is 10.9. The minimum absolute atomic E-state index is 0.203. The van der Waals surface area contributed by atoms with E-state index in [1.165, 1.54) is 47.6 Å². The van der Waals surface area contributed by atoms with Crippen molar-refractivity contribution in [3.05, 3.63) is 71.3 Å². The first-order valence-corrected chi connectivity index (χ1v) is 10.9. The van der Waals surface area contributed by atoms with E-state index >= 15 is 0 Å². The molecular formula is C28H32O2. The maximum absolute atomic E-state index is 11.9. The number of hydrogen-bond acceptors (Lipinski definition) is 2. The van der Waals surface area contributed by atoms with Crippen LogP contribution < -0.4 is 0 Å². The minimum atomic E-state index is -0.259. The number of fused-ring (bicyclic) bond motifs is 2. The summed E-state index contributed by atoms with van der Waals surface area (Å²) in [6.07, 6.45) is 2.45. The van der Waals surface area contributed by atoms with Gasteiger partial charge in [-0.15, -0.1) is 0 Å². The zero-order valence-electron chi connectivity index (χ0n) is 19.0. The van der Waals surface area contributed by atoms with E-state index in [-0.39, 0.29) is 22.7 Å². The molecule has 0 bridgehead atoms. The molecule has 1 aliphatic carbocycles. The third-order valence-corrected chi connectivity index (χ3v) is 7.11. The normalized spacial score (nSPS) is 17.9. The number of carbonyl (C=O) groups excluding carboxylic acids is 1. The zero-order valence-corrected chi connectivity index (χ0v) is 19.0. The van der Waals surface area contributed by atoms with Crippen LogP contribution in [0.2, 0.25) is 0 Å². The predicted octanol–water partition coefficient (Wildman–Crippen LogP) is 7.13. The Morgan fingerprint density at radius 2 is 1.37 bits per heavy atom. The third-order valence-electron chi connectivity index (χ3n) is 7.11. The summed E-state index contributed by atoms with van der Waals surface area (Å²) in [6.45, 7) is 11.4. The average Bonchev–Trinajstić information content (AvgIpc) is 2.75. The number of esters is 1. The molecule has 0 N–H and O–H groups in total. The van der Waals surface area contributed by atoms with Crippen LogP contribution >= 0.6 is 0 Å². The molecule has 2 heteroatoms. The highest BCUT2D eigenvalue weighted by Gasteiger charge is 2.36. The van der Waals surface area contributed by atoms with Crippen molar-refractivity contribution in [3.63, 3.8) is 0 Å². The van der Waals surface area contributed by atoms with Gasteiger partial charge in [0.1, 0.15) is 0 Å². The fourth-order valence-corrected chi connectivity index (χ4v) is 4.79. The summed E-state index contributed by atoms with van der Waals surface area (Å²) in [6, 6.07) is 19.9. The Morgan fingerprint density at radius 1 is 0.800 bits per heavy atom. The highest BCUT2D eigenvalue weighted by Crippen LogP contribution is 2.46. The molecular weight excluding hydrogens is 368 g/mol. The Morgan fingerprint density at radius 3 is 2.07 bits per heavy atom. The lowest BCUT2D eigenvalue weighted by molar-refractivity contribution is -0.141. The van der Waals surface area contributed by atoms with Crippen LogP contribution in [0.25, 0.3) is 21.9 Å². The van der Waals surface area contributed by atoms with Gasteiger partial charge in [-0.3, -0.25) is 4.79 Å². The van der Waals surface area contributed by atoms with Gasteiger partial charge in [-0.2, -0.15) is 0 Å². The van der Waals surface area contributed by atoms with Crippen molar-refractivity contribution >= 4 is 16.7 Å². The van der Waals surface area contributed by atoms with Crippen molar-refractivity contribution in [2.24, 2.45) is 0 Å². The fraction of sp³-hybridized carbons (Fsp3) is 0.393. The predicted molar refractivity (Wildman–Crippen MR) is 125 cm³/mol. The van der Waals surface area contributed by atoms with Gasteiger partial charge >= 0.3 is 5.97 Å². The fourth-order valence-electron chi connectivity index (χ4n) is 4.79. The van der Waals surface area contributed by atoms with E-state index in [1.54, 1.807) is 0 Å². The quantitative estimate of drug-likeness (QED) is 0.437. The smallest absolute Gasteiger partial charge is 0.312 e. The first kappa shape index (κ1) is 20.7. The summed E-state index contributed by atoms with van der Waals surface area (Å²) in [5, 5.41) is 2.33. The molecule has 1 atom stereocenters. The van der Waals surface area contributed by atoms with Crippen LogP contribution in [0.3, 0.4) is 0 Å². The highest BCUT2D eigenvalue weighted by atomic mass is 16.5. The average molecular weight is 401 g/mol. The van der Waals surface area contributed by atoms with E-state index in [0.717, 1.165) is 10.9 Å². The van der Waals surface area contributed by atoms with Gasteiger partial charge < -0.3 is 4.74 Å². The molecule has 0 heterocycles. The molecule has 1 aliphatic rings. The third kappa shape index (κ3) is 3.53. The van der Waals surface area contributed by atoms with Gasteiger partial charge in [0.2, 0.25) is 0 Å². The largest absolute Gasteiger partial charge is 0.469 e. The second kappa shape index (κ2) is 7.27. The monoisotopic (exact) mass is 400 g/mol. The molecule has 156 valence electrons. The van der Waals surface area contributed by atoms with Gasteiger partial charge in [-0.1, -0.05) is 76.2 Å². The Balaban J connectivity index is 1.75. The van der Waals surface area contributed by atoms with E-state index in [2.05, 4.69) is 76.2 Å². The minimum Gasteiger partial charge on any atom is -0.469 e. The van der Waals surface area contributed by atoms with Gasteiger partial charge in [-0.25, -0.2) is 0 Å². The molecule has 0 fully saturated rings. The van der Waals surface area contributed by atoms with Crippen molar-refractivity contribution in [2.75, 3.05) is 7.11 Å².